The molecule has 106 valence electrons. The maximum Gasteiger partial charge on any atom is 0.163 e. The van der Waals surface area contributed by atoms with E-state index >= 15 is 0 Å². The number of pyridine rings is 1. The molecule has 0 spiro atoms. The number of hydrogen-bond donors (Lipinski definition) is 0. The van der Waals surface area contributed by atoms with Gasteiger partial charge in [0, 0.05) is 49.9 Å². The molecule has 0 amide bonds. The maximum atomic E-state index is 9.16. The van der Waals surface area contributed by atoms with Gasteiger partial charge >= 0.3 is 0 Å². The van der Waals surface area contributed by atoms with Crippen molar-refractivity contribution in [2.24, 2.45) is 0 Å². The highest BCUT2D eigenvalue weighted by molar-refractivity contribution is 7.99. The molecule has 0 saturated carbocycles. The second-order valence-corrected chi connectivity index (χ2v) is 6.57. The molecule has 1 aromatic heterocycles. The summed E-state index contributed by atoms with van der Waals surface area (Å²) in [4.78, 5) is 9.14. The first-order chi connectivity index (χ1) is 9.88. The van der Waals surface area contributed by atoms with Crippen LogP contribution in [-0.2, 0) is 0 Å². The standard InChI is InChI=1S/C15H20N4S/c16-12-14-15(2-1-5-17-14)19-6-3-13(4-7-19)18-8-10-20-11-9-18/h1-2,5,13H,3-4,6-11H2. The smallest absolute Gasteiger partial charge is 0.163 e. The molecule has 2 fully saturated rings. The van der Waals surface area contributed by atoms with Crippen molar-refractivity contribution in [3.63, 3.8) is 0 Å². The van der Waals surface area contributed by atoms with Crippen LogP contribution in [0.1, 0.15) is 18.5 Å². The highest BCUT2D eigenvalue weighted by Crippen LogP contribution is 2.25. The van der Waals surface area contributed by atoms with E-state index in [9.17, 15) is 0 Å². The molecule has 2 aliphatic rings. The zero-order valence-electron chi connectivity index (χ0n) is 11.7. The molecule has 0 aromatic carbocycles. The molecule has 2 aliphatic heterocycles. The number of nitrogens with zero attached hydrogens (tertiary/aromatic N) is 4. The lowest BCUT2D eigenvalue weighted by Gasteiger charge is -2.40. The molecule has 3 heterocycles. The number of anilines is 1. The van der Waals surface area contributed by atoms with E-state index in [0.717, 1.165) is 24.8 Å². The van der Waals surface area contributed by atoms with E-state index in [0.29, 0.717) is 5.69 Å². The Morgan fingerprint density at radius 3 is 2.65 bits per heavy atom. The monoisotopic (exact) mass is 288 g/mol. The number of aromatic nitrogens is 1. The summed E-state index contributed by atoms with van der Waals surface area (Å²) in [6, 6.07) is 6.87. The summed E-state index contributed by atoms with van der Waals surface area (Å²) in [5.41, 5.74) is 1.56. The van der Waals surface area contributed by atoms with Crippen molar-refractivity contribution in [1.29, 1.82) is 5.26 Å². The summed E-state index contributed by atoms with van der Waals surface area (Å²) in [7, 11) is 0. The van der Waals surface area contributed by atoms with Crippen molar-refractivity contribution in [3.05, 3.63) is 24.0 Å². The van der Waals surface area contributed by atoms with E-state index < -0.39 is 0 Å². The van der Waals surface area contributed by atoms with E-state index in [4.69, 9.17) is 5.26 Å². The highest BCUT2D eigenvalue weighted by atomic mass is 32.2. The quantitative estimate of drug-likeness (QED) is 0.832. The molecule has 5 heteroatoms. The van der Waals surface area contributed by atoms with Crippen molar-refractivity contribution in [3.8, 4) is 6.07 Å². The van der Waals surface area contributed by atoms with Gasteiger partial charge in [0.1, 0.15) is 6.07 Å². The average Bonchev–Trinajstić information content (AvgIpc) is 2.56. The summed E-state index contributed by atoms with van der Waals surface area (Å²) in [5.74, 6) is 2.56. The van der Waals surface area contributed by atoms with Crippen molar-refractivity contribution in [1.82, 2.24) is 9.88 Å². The zero-order chi connectivity index (χ0) is 13.8. The number of thioether (sulfide) groups is 1. The fourth-order valence-electron chi connectivity index (χ4n) is 3.15. The van der Waals surface area contributed by atoms with Gasteiger partial charge in [0.2, 0.25) is 0 Å². The zero-order valence-corrected chi connectivity index (χ0v) is 12.5. The summed E-state index contributed by atoms with van der Waals surface area (Å²) < 4.78 is 0. The van der Waals surface area contributed by atoms with E-state index in [1.807, 2.05) is 12.1 Å². The molecule has 0 bridgehead atoms. The summed E-state index contributed by atoms with van der Waals surface area (Å²) in [6.45, 7) is 4.56. The van der Waals surface area contributed by atoms with Crippen molar-refractivity contribution >= 4 is 17.4 Å². The van der Waals surface area contributed by atoms with Crippen molar-refractivity contribution < 1.29 is 0 Å². The third-order valence-corrected chi connectivity index (χ3v) is 5.20. The normalized spacial score (nSPS) is 21.6. The molecule has 0 atom stereocenters. The maximum absolute atomic E-state index is 9.16. The van der Waals surface area contributed by atoms with Gasteiger partial charge in [-0.3, -0.25) is 4.90 Å². The van der Waals surface area contributed by atoms with Crippen LogP contribution in [-0.4, -0.2) is 53.6 Å². The molecule has 3 rings (SSSR count). The largest absolute Gasteiger partial charge is 0.369 e. The minimum Gasteiger partial charge on any atom is -0.369 e. The van der Waals surface area contributed by atoms with Crippen LogP contribution in [0.5, 0.6) is 0 Å². The van der Waals surface area contributed by atoms with Gasteiger partial charge in [-0.25, -0.2) is 4.98 Å². The van der Waals surface area contributed by atoms with Gasteiger partial charge in [-0.15, -0.1) is 0 Å². The molecule has 20 heavy (non-hydrogen) atoms. The van der Waals surface area contributed by atoms with Crippen LogP contribution in [0.4, 0.5) is 5.69 Å². The molecular formula is C15H20N4S. The lowest BCUT2D eigenvalue weighted by atomic mass is 10.0. The first-order valence-corrected chi connectivity index (χ1v) is 8.46. The number of hydrogen-bond acceptors (Lipinski definition) is 5. The number of piperidine rings is 1. The lowest BCUT2D eigenvalue weighted by molar-refractivity contribution is 0.186. The van der Waals surface area contributed by atoms with Crippen LogP contribution in [0.3, 0.4) is 0 Å². The van der Waals surface area contributed by atoms with Gasteiger partial charge in [0.05, 0.1) is 5.69 Å². The topological polar surface area (TPSA) is 43.2 Å². The van der Waals surface area contributed by atoms with Gasteiger partial charge in [0.25, 0.3) is 0 Å². The summed E-state index contributed by atoms with van der Waals surface area (Å²) >= 11 is 2.07. The third kappa shape index (κ3) is 2.92. The molecular weight excluding hydrogens is 268 g/mol. The number of rotatable bonds is 2. The molecule has 0 radical (unpaired) electrons. The minimum atomic E-state index is 0.556. The Balaban J connectivity index is 1.62. The second kappa shape index (κ2) is 6.47. The van der Waals surface area contributed by atoms with Crippen LogP contribution >= 0.6 is 11.8 Å². The third-order valence-electron chi connectivity index (χ3n) is 4.26. The summed E-state index contributed by atoms with van der Waals surface area (Å²) in [6.07, 6.45) is 4.09. The van der Waals surface area contributed by atoms with Gasteiger partial charge in [0.15, 0.2) is 5.69 Å². The van der Waals surface area contributed by atoms with Gasteiger partial charge in [-0.1, -0.05) is 0 Å². The predicted molar refractivity (Wildman–Crippen MR) is 83.1 cm³/mol. The Morgan fingerprint density at radius 1 is 1.20 bits per heavy atom. The molecule has 0 aliphatic carbocycles. The Hall–Kier alpha value is -1.25. The first-order valence-electron chi connectivity index (χ1n) is 7.30. The van der Waals surface area contributed by atoms with Gasteiger partial charge < -0.3 is 4.90 Å². The Morgan fingerprint density at radius 2 is 1.95 bits per heavy atom. The fraction of sp³-hybridized carbons (Fsp3) is 0.600. The SMILES string of the molecule is N#Cc1ncccc1N1CCC(N2CCSCC2)CC1. The molecule has 0 unspecified atom stereocenters. The van der Waals surface area contributed by atoms with Crippen LogP contribution in [0.15, 0.2) is 18.3 Å². The van der Waals surface area contributed by atoms with Gasteiger partial charge in [-0.2, -0.15) is 17.0 Å². The van der Waals surface area contributed by atoms with Crippen LogP contribution in [0.25, 0.3) is 0 Å². The summed E-state index contributed by atoms with van der Waals surface area (Å²) in [5, 5.41) is 9.16. The molecule has 1 aromatic rings. The average molecular weight is 288 g/mol. The lowest BCUT2D eigenvalue weighted by Crippen LogP contribution is -2.48. The van der Waals surface area contributed by atoms with Crippen LogP contribution < -0.4 is 4.90 Å². The number of nitriles is 1. The molecule has 0 N–H and O–H groups in total. The predicted octanol–water partition coefficient (Wildman–Crippen LogP) is 1.97. The Kier molecular flexibility index (Phi) is 4.44. The van der Waals surface area contributed by atoms with E-state index in [1.165, 1.54) is 37.4 Å². The second-order valence-electron chi connectivity index (χ2n) is 5.35. The Labute approximate surface area is 124 Å². The van der Waals surface area contributed by atoms with E-state index in [-0.39, 0.29) is 0 Å². The van der Waals surface area contributed by atoms with E-state index in [1.54, 1.807) is 6.20 Å². The molecule has 4 nitrogen and oxygen atoms in total. The fourth-order valence-corrected chi connectivity index (χ4v) is 4.08. The van der Waals surface area contributed by atoms with Crippen molar-refractivity contribution in [2.75, 3.05) is 42.6 Å². The van der Waals surface area contributed by atoms with Crippen LogP contribution in [0, 0.1) is 11.3 Å². The Bertz CT molecular complexity index is 485. The van der Waals surface area contributed by atoms with Crippen molar-refractivity contribution in [2.45, 2.75) is 18.9 Å². The van der Waals surface area contributed by atoms with E-state index in [2.05, 4.69) is 32.6 Å². The minimum absolute atomic E-state index is 0.556. The van der Waals surface area contributed by atoms with Gasteiger partial charge in [-0.05, 0) is 25.0 Å². The highest BCUT2D eigenvalue weighted by Gasteiger charge is 2.26. The van der Waals surface area contributed by atoms with Crippen LogP contribution in [0.2, 0.25) is 0 Å². The first kappa shape index (κ1) is 13.7. The molecule has 2 saturated heterocycles.